The summed E-state index contributed by atoms with van der Waals surface area (Å²) in [5.74, 6) is 0.00981. The van der Waals surface area contributed by atoms with E-state index in [0.29, 0.717) is 22.2 Å². The quantitative estimate of drug-likeness (QED) is 0.839. The summed E-state index contributed by atoms with van der Waals surface area (Å²) < 4.78 is 0. The van der Waals surface area contributed by atoms with Crippen LogP contribution in [0.15, 0.2) is 36.4 Å². The van der Waals surface area contributed by atoms with Crippen LogP contribution in [0, 0.1) is 0 Å². The SMILES string of the molecule is C[C@@H](O)c1cccc2c1CCN(C(=O)Cc1c(Cl)cccc1Cl)[C@H]2C. The van der Waals surface area contributed by atoms with Crippen molar-refractivity contribution in [3.05, 3.63) is 68.7 Å². The Hall–Kier alpha value is -1.55. The zero-order valence-corrected chi connectivity index (χ0v) is 15.8. The lowest BCUT2D eigenvalue weighted by Gasteiger charge is -2.36. The summed E-state index contributed by atoms with van der Waals surface area (Å²) in [6.07, 6.45) is 0.420. The van der Waals surface area contributed by atoms with Crippen LogP contribution in [0.2, 0.25) is 10.0 Å². The standard InChI is InChI=1S/C20H21Cl2NO2/c1-12-14-5-3-6-15(13(2)24)16(14)9-10-23(12)20(25)11-17-18(21)7-4-8-19(17)22/h3-8,12-13,24H,9-11H2,1-2H3/t12-,13+/m0/s1. The van der Waals surface area contributed by atoms with Gasteiger partial charge in [-0.3, -0.25) is 4.79 Å². The highest BCUT2D eigenvalue weighted by atomic mass is 35.5. The lowest BCUT2D eigenvalue weighted by molar-refractivity contribution is -0.133. The number of fused-ring (bicyclic) bond motifs is 1. The molecule has 0 spiro atoms. The summed E-state index contributed by atoms with van der Waals surface area (Å²) in [5.41, 5.74) is 3.88. The number of halogens is 2. The highest BCUT2D eigenvalue weighted by molar-refractivity contribution is 6.36. The summed E-state index contributed by atoms with van der Waals surface area (Å²) in [6, 6.07) is 11.2. The van der Waals surface area contributed by atoms with E-state index in [-0.39, 0.29) is 18.4 Å². The predicted octanol–water partition coefficient (Wildman–Crippen LogP) is 4.74. The Morgan fingerprint density at radius 1 is 1.24 bits per heavy atom. The van der Waals surface area contributed by atoms with Crippen molar-refractivity contribution in [2.75, 3.05) is 6.54 Å². The lowest BCUT2D eigenvalue weighted by atomic mass is 9.88. The van der Waals surface area contributed by atoms with Crippen molar-refractivity contribution in [1.29, 1.82) is 0 Å². The zero-order valence-electron chi connectivity index (χ0n) is 14.3. The summed E-state index contributed by atoms with van der Waals surface area (Å²) in [5, 5.41) is 11.0. The Morgan fingerprint density at radius 3 is 2.52 bits per heavy atom. The normalized spacial score (nSPS) is 18.0. The summed E-state index contributed by atoms with van der Waals surface area (Å²) in [6.45, 7) is 4.42. The molecule has 1 N–H and O–H groups in total. The van der Waals surface area contributed by atoms with Gasteiger partial charge in [-0.05, 0) is 54.7 Å². The molecule has 0 aliphatic carbocycles. The maximum Gasteiger partial charge on any atom is 0.227 e. The summed E-state index contributed by atoms with van der Waals surface area (Å²) in [4.78, 5) is 14.7. The minimum Gasteiger partial charge on any atom is -0.389 e. The second kappa shape index (κ2) is 7.36. The van der Waals surface area contributed by atoms with Crippen LogP contribution < -0.4 is 0 Å². The summed E-state index contributed by atoms with van der Waals surface area (Å²) in [7, 11) is 0. The number of hydrogen-bond donors (Lipinski definition) is 1. The van der Waals surface area contributed by atoms with E-state index in [9.17, 15) is 9.90 Å². The number of rotatable bonds is 3. The molecule has 0 saturated carbocycles. The molecule has 1 amide bonds. The average molecular weight is 378 g/mol. The maximum atomic E-state index is 12.9. The van der Waals surface area contributed by atoms with E-state index in [1.165, 1.54) is 0 Å². The second-order valence-electron chi connectivity index (χ2n) is 6.48. The second-order valence-corrected chi connectivity index (χ2v) is 7.30. The third-order valence-electron chi connectivity index (χ3n) is 4.93. The van der Waals surface area contributed by atoms with Gasteiger partial charge in [-0.15, -0.1) is 0 Å². The van der Waals surface area contributed by atoms with E-state index >= 15 is 0 Å². The minimum absolute atomic E-state index is 0.00981. The van der Waals surface area contributed by atoms with Gasteiger partial charge in [-0.25, -0.2) is 0 Å². The highest BCUT2D eigenvalue weighted by Crippen LogP contribution is 2.34. The van der Waals surface area contributed by atoms with Gasteiger partial charge in [0.15, 0.2) is 0 Å². The van der Waals surface area contributed by atoms with Crippen molar-refractivity contribution in [1.82, 2.24) is 4.90 Å². The molecular weight excluding hydrogens is 357 g/mol. The van der Waals surface area contributed by atoms with E-state index < -0.39 is 6.10 Å². The minimum atomic E-state index is -0.508. The number of aliphatic hydroxyl groups excluding tert-OH is 1. The maximum absolute atomic E-state index is 12.9. The van der Waals surface area contributed by atoms with Crippen molar-refractivity contribution < 1.29 is 9.90 Å². The highest BCUT2D eigenvalue weighted by Gasteiger charge is 2.29. The largest absolute Gasteiger partial charge is 0.389 e. The van der Waals surface area contributed by atoms with Gasteiger partial charge in [0, 0.05) is 16.6 Å². The number of carbonyl (C=O) groups is 1. The van der Waals surface area contributed by atoms with Crippen LogP contribution in [0.1, 0.15) is 48.2 Å². The van der Waals surface area contributed by atoms with Crippen molar-refractivity contribution in [2.24, 2.45) is 0 Å². The molecule has 1 heterocycles. The molecule has 1 aliphatic heterocycles. The Balaban J connectivity index is 1.86. The van der Waals surface area contributed by atoms with Crippen LogP contribution in [0.4, 0.5) is 0 Å². The van der Waals surface area contributed by atoms with Gasteiger partial charge >= 0.3 is 0 Å². The fraction of sp³-hybridized carbons (Fsp3) is 0.350. The molecule has 0 saturated heterocycles. The first kappa shape index (κ1) is 18.2. The lowest BCUT2D eigenvalue weighted by Crippen LogP contribution is -2.40. The fourth-order valence-corrected chi connectivity index (χ4v) is 4.11. The molecule has 0 radical (unpaired) electrons. The number of hydrogen-bond acceptors (Lipinski definition) is 2. The van der Waals surface area contributed by atoms with Crippen molar-refractivity contribution in [3.8, 4) is 0 Å². The Kier molecular flexibility index (Phi) is 5.38. The smallest absolute Gasteiger partial charge is 0.227 e. The zero-order chi connectivity index (χ0) is 18.1. The van der Waals surface area contributed by atoms with Crippen LogP contribution in [0.3, 0.4) is 0 Å². The molecule has 1 aliphatic rings. The van der Waals surface area contributed by atoms with Crippen molar-refractivity contribution in [2.45, 2.75) is 38.8 Å². The number of carbonyl (C=O) groups excluding carboxylic acids is 1. The Bertz CT molecular complexity index is 784. The van der Waals surface area contributed by atoms with Crippen molar-refractivity contribution in [3.63, 3.8) is 0 Å². The first-order chi connectivity index (χ1) is 11.9. The van der Waals surface area contributed by atoms with Gasteiger partial charge < -0.3 is 10.0 Å². The van der Waals surface area contributed by atoms with Gasteiger partial charge in [-0.1, -0.05) is 47.5 Å². The topological polar surface area (TPSA) is 40.5 Å². The Morgan fingerprint density at radius 2 is 1.88 bits per heavy atom. The molecule has 132 valence electrons. The van der Waals surface area contributed by atoms with E-state index in [4.69, 9.17) is 23.2 Å². The molecule has 0 bridgehead atoms. The van der Waals surface area contributed by atoms with Crippen LogP contribution in [0.5, 0.6) is 0 Å². The number of nitrogens with zero attached hydrogens (tertiary/aromatic N) is 1. The third kappa shape index (κ3) is 3.55. The van der Waals surface area contributed by atoms with Gasteiger partial charge in [0.1, 0.15) is 0 Å². The molecule has 25 heavy (non-hydrogen) atoms. The van der Waals surface area contributed by atoms with Gasteiger partial charge in [0.2, 0.25) is 5.91 Å². The van der Waals surface area contributed by atoms with Gasteiger partial charge in [0.05, 0.1) is 18.6 Å². The van der Waals surface area contributed by atoms with Crippen LogP contribution in [0.25, 0.3) is 0 Å². The van der Waals surface area contributed by atoms with E-state index in [1.807, 2.05) is 30.0 Å². The molecule has 2 aromatic rings. The van der Waals surface area contributed by atoms with Crippen molar-refractivity contribution >= 4 is 29.1 Å². The molecule has 3 rings (SSSR count). The molecule has 2 atom stereocenters. The Labute approximate surface area is 158 Å². The monoisotopic (exact) mass is 377 g/mol. The molecule has 2 aromatic carbocycles. The number of aliphatic hydroxyl groups is 1. The molecule has 0 fully saturated rings. The third-order valence-corrected chi connectivity index (χ3v) is 5.64. The number of benzene rings is 2. The fourth-order valence-electron chi connectivity index (χ4n) is 3.58. The van der Waals surface area contributed by atoms with Crippen LogP contribution >= 0.6 is 23.2 Å². The molecule has 0 aromatic heterocycles. The first-order valence-electron chi connectivity index (χ1n) is 8.42. The predicted molar refractivity (Wildman–Crippen MR) is 101 cm³/mol. The van der Waals surface area contributed by atoms with E-state index in [0.717, 1.165) is 23.1 Å². The van der Waals surface area contributed by atoms with Gasteiger partial charge in [0.25, 0.3) is 0 Å². The molecular formula is C20H21Cl2NO2. The van der Waals surface area contributed by atoms with Gasteiger partial charge in [-0.2, -0.15) is 0 Å². The van der Waals surface area contributed by atoms with Crippen LogP contribution in [-0.2, 0) is 17.6 Å². The molecule has 5 heteroatoms. The van der Waals surface area contributed by atoms with Crippen LogP contribution in [-0.4, -0.2) is 22.5 Å². The van der Waals surface area contributed by atoms with E-state index in [1.54, 1.807) is 25.1 Å². The summed E-state index contributed by atoms with van der Waals surface area (Å²) >= 11 is 12.4. The van der Waals surface area contributed by atoms with E-state index in [2.05, 4.69) is 0 Å². The average Bonchev–Trinajstić information content (AvgIpc) is 2.58. The molecule has 3 nitrogen and oxygen atoms in total. The molecule has 0 unspecified atom stereocenters. The first-order valence-corrected chi connectivity index (χ1v) is 9.17. The number of amides is 1.